The number of aromatic nitrogens is 3. The van der Waals surface area contributed by atoms with Crippen LogP contribution in [0.2, 0.25) is 5.02 Å². The number of nitrogens with zero attached hydrogens (tertiary/aromatic N) is 3. The molecule has 7 nitrogen and oxygen atoms in total. The topological polar surface area (TPSA) is 86.0 Å². The summed E-state index contributed by atoms with van der Waals surface area (Å²) >= 11 is 6.07. The third-order valence-electron chi connectivity index (χ3n) is 5.00. The first-order chi connectivity index (χ1) is 14.4. The zero-order valence-electron chi connectivity index (χ0n) is 16.5. The highest BCUT2D eigenvalue weighted by Crippen LogP contribution is 2.27. The van der Waals surface area contributed by atoms with Gasteiger partial charge in [-0.2, -0.15) is 9.78 Å². The molecule has 0 aliphatic heterocycles. The van der Waals surface area contributed by atoms with Crippen LogP contribution in [0.1, 0.15) is 34.5 Å². The third-order valence-corrected chi connectivity index (χ3v) is 5.23. The molecule has 0 bridgehead atoms. The SMILES string of the molecule is Cc1cccc(Cn2c(=O)c(C(=O)NCC3CC3)nn(-c3cccc(Cl)c3)c2=O)c1. The van der Waals surface area contributed by atoms with E-state index in [0.717, 1.165) is 33.2 Å². The number of rotatable bonds is 6. The number of hydrogen-bond donors (Lipinski definition) is 1. The highest BCUT2D eigenvalue weighted by atomic mass is 35.5. The van der Waals surface area contributed by atoms with Crippen molar-refractivity contribution in [3.63, 3.8) is 0 Å². The molecule has 4 rings (SSSR count). The van der Waals surface area contributed by atoms with E-state index in [2.05, 4.69) is 10.4 Å². The van der Waals surface area contributed by atoms with Crippen LogP contribution < -0.4 is 16.6 Å². The Bertz CT molecular complexity index is 1230. The van der Waals surface area contributed by atoms with Gasteiger partial charge >= 0.3 is 5.69 Å². The van der Waals surface area contributed by atoms with Gasteiger partial charge in [0.1, 0.15) is 0 Å². The van der Waals surface area contributed by atoms with E-state index in [1.807, 2.05) is 31.2 Å². The summed E-state index contributed by atoms with van der Waals surface area (Å²) in [6.07, 6.45) is 2.13. The summed E-state index contributed by atoms with van der Waals surface area (Å²) in [4.78, 5) is 38.9. The number of amides is 1. The van der Waals surface area contributed by atoms with Gasteiger partial charge in [0, 0.05) is 11.6 Å². The Hall–Kier alpha value is -3.19. The van der Waals surface area contributed by atoms with E-state index >= 15 is 0 Å². The number of aryl methyl sites for hydroxylation is 1. The second-order valence-electron chi connectivity index (χ2n) is 7.56. The van der Waals surface area contributed by atoms with Crippen molar-refractivity contribution in [1.82, 2.24) is 19.7 Å². The molecule has 1 saturated carbocycles. The van der Waals surface area contributed by atoms with Crippen LogP contribution in [0.25, 0.3) is 5.69 Å². The zero-order valence-corrected chi connectivity index (χ0v) is 17.2. The second kappa shape index (κ2) is 8.28. The van der Waals surface area contributed by atoms with Gasteiger partial charge in [-0.3, -0.25) is 14.2 Å². The summed E-state index contributed by atoms with van der Waals surface area (Å²) < 4.78 is 2.09. The number of hydrogen-bond acceptors (Lipinski definition) is 4. The molecule has 2 aromatic carbocycles. The molecule has 8 heteroatoms. The van der Waals surface area contributed by atoms with Gasteiger partial charge in [0.2, 0.25) is 5.69 Å². The molecule has 154 valence electrons. The summed E-state index contributed by atoms with van der Waals surface area (Å²) in [6, 6.07) is 14.1. The van der Waals surface area contributed by atoms with Gasteiger partial charge < -0.3 is 5.32 Å². The molecule has 1 aromatic heterocycles. The van der Waals surface area contributed by atoms with Crippen molar-refractivity contribution in [3.05, 3.63) is 91.2 Å². The van der Waals surface area contributed by atoms with Gasteiger partial charge in [0.05, 0.1) is 12.2 Å². The van der Waals surface area contributed by atoms with Crippen molar-refractivity contribution in [2.75, 3.05) is 6.54 Å². The summed E-state index contributed by atoms with van der Waals surface area (Å²) in [5.41, 5.74) is 0.495. The lowest BCUT2D eigenvalue weighted by Crippen LogP contribution is -2.46. The lowest BCUT2D eigenvalue weighted by atomic mass is 10.1. The van der Waals surface area contributed by atoms with Crippen LogP contribution in [0.5, 0.6) is 0 Å². The minimum absolute atomic E-state index is 0.0331. The maximum atomic E-state index is 13.1. The smallest absolute Gasteiger partial charge is 0.350 e. The number of benzene rings is 2. The van der Waals surface area contributed by atoms with Gasteiger partial charge in [-0.1, -0.05) is 47.5 Å². The molecule has 1 fully saturated rings. The Labute approximate surface area is 177 Å². The molecule has 1 N–H and O–H groups in total. The highest BCUT2D eigenvalue weighted by Gasteiger charge is 2.25. The van der Waals surface area contributed by atoms with Crippen LogP contribution in [0.3, 0.4) is 0 Å². The Balaban J connectivity index is 1.83. The molecule has 1 aliphatic rings. The molecule has 1 aliphatic carbocycles. The van der Waals surface area contributed by atoms with E-state index in [0.29, 0.717) is 23.2 Å². The van der Waals surface area contributed by atoms with Gasteiger partial charge in [0.15, 0.2) is 0 Å². The molecular weight excluding hydrogens is 404 g/mol. The van der Waals surface area contributed by atoms with Crippen molar-refractivity contribution in [2.45, 2.75) is 26.3 Å². The highest BCUT2D eigenvalue weighted by molar-refractivity contribution is 6.30. The van der Waals surface area contributed by atoms with Crippen LogP contribution in [0, 0.1) is 12.8 Å². The predicted octanol–water partition coefficient (Wildman–Crippen LogP) is 2.54. The fourth-order valence-corrected chi connectivity index (χ4v) is 3.39. The first kappa shape index (κ1) is 20.1. The van der Waals surface area contributed by atoms with Crippen molar-refractivity contribution in [2.24, 2.45) is 5.92 Å². The van der Waals surface area contributed by atoms with Crippen LogP contribution in [0.4, 0.5) is 0 Å². The molecular formula is C22H21ClN4O3. The van der Waals surface area contributed by atoms with Crippen LogP contribution in [-0.4, -0.2) is 26.8 Å². The number of halogens is 1. The predicted molar refractivity (Wildman–Crippen MR) is 114 cm³/mol. The Morgan fingerprint density at radius 3 is 2.63 bits per heavy atom. The summed E-state index contributed by atoms with van der Waals surface area (Å²) in [5, 5.41) is 7.27. The molecule has 0 radical (unpaired) electrons. The molecule has 1 amide bonds. The van der Waals surface area contributed by atoms with Crippen molar-refractivity contribution in [1.29, 1.82) is 0 Å². The fourth-order valence-electron chi connectivity index (χ4n) is 3.21. The van der Waals surface area contributed by atoms with E-state index in [1.54, 1.807) is 24.3 Å². The molecule has 30 heavy (non-hydrogen) atoms. The van der Waals surface area contributed by atoms with E-state index in [-0.39, 0.29) is 12.2 Å². The van der Waals surface area contributed by atoms with Gasteiger partial charge in [0.25, 0.3) is 11.5 Å². The largest absolute Gasteiger partial charge is 0.352 e. The van der Waals surface area contributed by atoms with E-state index in [9.17, 15) is 14.4 Å². The molecule has 0 atom stereocenters. The molecule has 0 saturated heterocycles. The fraction of sp³-hybridized carbons (Fsp3) is 0.273. The van der Waals surface area contributed by atoms with Gasteiger partial charge in [-0.05, 0) is 49.4 Å². The zero-order chi connectivity index (χ0) is 21.3. The average Bonchev–Trinajstić information content (AvgIpc) is 3.54. The van der Waals surface area contributed by atoms with Crippen LogP contribution in [0.15, 0.2) is 58.1 Å². The first-order valence-corrected chi connectivity index (χ1v) is 10.1. The number of carbonyl (C=O) groups is 1. The Morgan fingerprint density at radius 2 is 1.93 bits per heavy atom. The summed E-state index contributed by atoms with van der Waals surface area (Å²) in [5.74, 6) is -0.136. The van der Waals surface area contributed by atoms with Gasteiger partial charge in [-0.25, -0.2) is 4.79 Å². The van der Waals surface area contributed by atoms with Crippen molar-refractivity contribution in [3.8, 4) is 5.69 Å². The van der Waals surface area contributed by atoms with Crippen molar-refractivity contribution < 1.29 is 4.79 Å². The molecule has 0 spiro atoms. The Morgan fingerprint density at radius 1 is 1.17 bits per heavy atom. The summed E-state index contributed by atoms with van der Waals surface area (Å²) in [7, 11) is 0. The number of nitrogens with one attached hydrogen (secondary N) is 1. The summed E-state index contributed by atoms with van der Waals surface area (Å²) in [6.45, 7) is 2.46. The minimum atomic E-state index is -0.715. The average molecular weight is 425 g/mol. The number of carbonyl (C=O) groups excluding carboxylic acids is 1. The monoisotopic (exact) mass is 424 g/mol. The minimum Gasteiger partial charge on any atom is -0.350 e. The maximum Gasteiger partial charge on any atom is 0.352 e. The van der Waals surface area contributed by atoms with E-state index < -0.39 is 17.2 Å². The molecule has 3 aromatic rings. The third kappa shape index (κ3) is 4.36. The first-order valence-electron chi connectivity index (χ1n) is 9.76. The van der Waals surface area contributed by atoms with Crippen LogP contribution >= 0.6 is 11.6 Å². The van der Waals surface area contributed by atoms with E-state index in [4.69, 9.17) is 11.6 Å². The molecule has 0 unspecified atom stereocenters. The van der Waals surface area contributed by atoms with Crippen LogP contribution in [-0.2, 0) is 6.54 Å². The van der Waals surface area contributed by atoms with Crippen molar-refractivity contribution >= 4 is 17.5 Å². The molecule has 1 heterocycles. The quantitative estimate of drug-likeness (QED) is 0.658. The lowest BCUT2D eigenvalue weighted by molar-refractivity contribution is 0.0942. The lowest BCUT2D eigenvalue weighted by Gasteiger charge is -2.13. The maximum absolute atomic E-state index is 13.1. The standard InChI is InChI=1S/C22H21ClN4O3/c1-14-4-2-5-16(10-14)13-26-21(29)19(20(28)24-12-15-8-9-15)25-27(22(26)30)18-7-3-6-17(23)11-18/h2-7,10-11,15H,8-9,12-13H2,1H3,(H,24,28). The Kier molecular flexibility index (Phi) is 5.55. The van der Waals surface area contributed by atoms with E-state index in [1.165, 1.54) is 0 Å². The second-order valence-corrected chi connectivity index (χ2v) is 7.99. The van der Waals surface area contributed by atoms with Gasteiger partial charge in [-0.15, -0.1) is 0 Å². The normalized spacial score (nSPS) is 13.3.